The molecule has 100 valence electrons. The summed E-state index contributed by atoms with van der Waals surface area (Å²) in [7, 11) is 0. The number of nitrogens with zero attached hydrogens (tertiary/aromatic N) is 2. The molecular weight excluding hydrogens is 250 g/mol. The maximum absolute atomic E-state index is 12.1. The zero-order valence-corrected chi connectivity index (χ0v) is 11.2. The van der Waals surface area contributed by atoms with E-state index in [4.69, 9.17) is 0 Å². The van der Waals surface area contributed by atoms with E-state index in [2.05, 4.69) is 16.4 Å². The molecule has 4 heteroatoms. The number of carbonyl (C=O) groups is 1. The third-order valence-corrected chi connectivity index (χ3v) is 3.05. The van der Waals surface area contributed by atoms with E-state index in [1.807, 2.05) is 43.3 Å². The van der Waals surface area contributed by atoms with Crippen LogP contribution < -0.4 is 5.32 Å². The van der Waals surface area contributed by atoms with Gasteiger partial charge in [0.15, 0.2) is 0 Å². The summed E-state index contributed by atoms with van der Waals surface area (Å²) in [5.74, 6) is -1.01. The Morgan fingerprint density at radius 1 is 1.35 bits per heavy atom. The lowest BCUT2D eigenvalue weighted by Gasteiger charge is -2.11. The van der Waals surface area contributed by atoms with Gasteiger partial charge in [0.2, 0.25) is 5.91 Å². The van der Waals surface area contributed by atoms with Crippen LogP contribution in [0, 0.1) is 24.2 Å². The van der Waals surface area contributed by atoms with Crippen LogP contribution >= 0.6 is 0 Å². The second kappa shape index (κ2) is 6.48. The highest BCUT2D eigenvalue weighted by atomic mass is 16.1. The Bertz CT molecular complexity index is 632. The number of hydrogen-bond donors (Lipinski definition) is 1. The highest BCUT2D eigenvalue weighted by molar-refractivity contribution is 5.94. The number of rotatable bonds is 4. The minimum absolute atomic E-state index is 0.299. The minimum Gasteiger partial charge on any atom is -0.323 e. The van der Waals surface area contributed by atoms with E-state index in [0.717, 1.165) is 11.1 Å². The first-order valence-corrected chi connectivity index (χ1v) is 6.35. The number of pyridine rings is 1. The fourth-order valence-electron chi connectivity index (χ4n) is 1.86. The van der Waals surface area contributed by atoms with Crippen LogP contribution in [0.3, 0.4) is 0 Å². The number of benzene rings is 1. The van der Waals surface area contributed by atoms with E-state index >= 15 is 0 Å². The first kappa shape index (κ1) is 13.8. The highest BCUT2D eigenvalue weighted by Gasteiger charge is 2.19. The van der Waals surface area contributed by atoms with Gasteiger partial charge in [-0.15, -0.1) is 0 Å². The van der Waals surface area contributed by atoms with Crippen LogP contribution in [0.2, 0.25) is 0 Å². The van der Waals surface area contributed by atoms with Gasteiger partial charge in [-0.05, 0) is 30.5 Å². The van der Waals surface area contributed by atoms with E-state index in [0.29, 0.717) is 12.1 Å². The summed E-state index contributed by atoms with van der Waals surface area (Å²) in [6, 6.07) is 13.4. The predicted octanol–water partition coefficient (Wildman–Crippen LogP) is 2.71. The van der Waals surface area contributed by atoms with Crippen LogP contribution in [0.1, 0.15) is 11.1 Å². The van der Waals surface area contributed by atoms with E-state index in [-0.39, 0.29) is 5.91 Å². The van der Waals surface area contributed by atoms with Crippen molar-refractivity contribution in [1.29, 1.82) is 5.26 Å². The Morgan fingerprint density at radius 3 is 2.75 bits per heavy atom. The molecule has 1 N–H and O–H groups in total. The van der Waals surface area contributed by atoms with E-state index < -0.39 is 5.92 Å². The fraction of sp³-hybridized carbons (Fsp3) is 0.188. The number of aromatic nitrogens is 1. The number of amides is 1. The van der Waals surface area contributed by atoms with Crippen LogP contribution in [-0.4, -0.2) is 10.9 Å². The molecule has 0 aliphatic heterocycles. The van der Waals surface area contributed by atoms with Crippen molar-refractivity contribution in [3.63, 3.8) is 0 Å². The van der Waals surface area contributed by atoms with Crippen LogP contribution in [0.4, 0.5) is 5.69 Å². The predicted molar refractivity (Wildman–Crippen MR) is 76.9 cm³/mol. The van der Waals surface area contributed by atoms with E-state index in [9.17, 15) is 10.1 Å². The molecule has 1 unspecified atom stereocenters. The van der Waals surface area contributed by atoms with Crippen LogP contribution in [0.15, 0.2) is 48.8 Å². The molecule has 1 heterocycles. The SMILES string of the molecule is Cc1ccncc1NC(=O)C(C#N)Cc1ccccc1. The molecular formula is C16H15N3O. The van der Waals surface area contributed by atoms with Gasteiger partial charge in [0, 0.05) is 6.20 Å². The number of carbonyl (C=O) groups excluding carboxylic acids is 1. The van der Waals surface area contributed by atoms with Gasteiger partial charge >= 0.3 is 0 Å². The molecule has 0 saturated carbocycles. The minimum atomic E-state index is -0.711. The first-order chi connectivity index (χ1) is 9.70. The van der Waals surface area contributed by atoms with Crippen LogP contribution in [0.5, 0.6) is 0 Å². The zero-order valence-electron chi connectivity index (χ0n) is 11.2. The van der Waals surface area contributed by atoms with Gasteiger partial charge in [-0.1, -0.05) is 30.3 Å². The summed E-state index contributed by atoms with van der Waals surface area (Å²) in [6.07, 6.45) is 3.66. The maximum Gasteiger partial charge on any atom is 0.242 e. The second-order valence-electron chi connectivity index (χ2n) is 4.55. The molecule has 2 aromatic rings. The third-order valence-electron chi connectivity index (χ3n) is 3.05. The molecule has 1 atom stereocenters. The Hall–Kier alpha value is -2.67. The molecule has 0 radical (unpaired) electrons. The smallest absolute Gasteiger partial charge is 0.242 e. The topological polar surface area (TPSA) is 65.8 Å². The molecule has 0 saturated heterocycles. The molecule has 0 aliphatic rings. The first-order valence-electron chi connectivity index (χ1n) is 6.35. The molecule has 0 fully saturated rings. The van der Waals surface area contributed by atoms with Crippen molar-refractivity contribution < 1.29 is 4.79 Å². The molecule has 2 rings (SSSR count). The summed E-state index contributed by atoms with van der Waals surface area (Å²) >= 11 is 0. The Balaban J connectivity index is 2.07. The van der Waals surface area contributed by atoms with Gasteiger partial charge in [-0.25, -0.2) is 0 Å². The van der Waals surface area contributed by atoms with Crippen molar-refractivity contribution in [3.8, 4) is 6.07 Å². The Labute approximate surface area is 118 Å². The molecule has 1 aromatic carbocycles. The van der Waals surface area contributed by atoms with Crippen molar-refractivity contribution in [2.24, 2.45) is 5.92 Å². The molecule has 0 aliphatic carbocycles. The molecule has 1 amide bonds. The van der Waals surface area contributed by atoms with Gasteiger partial charge in [-0.2, -0.15) is 5.26 Å². The summed E-state index contributed by atoms with van der Waals surface area (Å²) < 4.78 is 0. The monoisotopic (exact) mass is 265 g/mol. The summed E-state index contributed by atoms with van der Waals surface area (Å²) in [6.45, 7) is 1.88. The molecule has 4 nitrogen and oxygen atoms in total. The average Bonchev–Trinajstić information content (AvgIpc) is 2.48. The van der Waals surface area contributed by atoms with Crippen molar-refractivity contribution in [1.82, 2.24) is 4.98 Å². The molecule has 1 aromatic heterocycles. The number of anilines is 1. The van der Waals surface area contributed by atoms with Crippen LogP contribution in [-0.2, 0) is 11.2 Å². The Morgan fingerprint density at radius 2 is 2.10 bits per heavy atom. The number of nitriles is 1. The normalized spacial score (nSPS) is 11.4. The zero-order chi connectivity index (χ0) is 14.4. The molecule has 0 bridgehead atoms. The van der Waals surface area contributed by atoms with Crippen molar-refractivity contribution in [2.45, 2.75) is 13.3 Å². The standard InChI is InChI=1S/C16H15N3O/c1-12-7-8-18-11-15(12)19-16(20)14(10-17)9-13-5-3-2-4-6-13/h2-8,11,14H,9H2,1H3,(H,19,20). The van der Waals surface area contributed by atoms with Crippen molar-refractivity contribution in [3.05, 3.63) is 59.9 Å². The fourth-order valence-corrected chi connectivity index (χ4v) is 1.86. The molecule has 0 spiro atoms. The van der Waals surface area contributed by atoms with Gasteiger partial charge < -0.3 is 5.32 Å². The second-order valence-corrected chi connectivity index (χ2v) is 4.55. The largest absolute Gasteiger partial charge is 0.323 e. The summed E-state index contributed by atoms with van der Waals surface area (Å²) in [5, 5.41) is 11.9. The van der Waals surface area contributed by atoms with E-state index in [1.165, 1.54) is 0 Å². The maximum atomic E-state index is 12.1. The quantitative estimate of drug-likeness (QED) is 0.924. The Kier molecular flexibility index (Phi) is 4.46. The van der Waals surface area contributed by atoms with Crippen molar-refractivity contribution >= 4 is 11.6 Å². The summed E-state index contributed by atoms with van der Waals surface area (Å²) in [5.41, 5.74) is 2.53. The van der Waals surface area contributed by atoms with Gasteiger partial charge in [0.05, 0.1) is 18.0 Å². The van der Waals surface area contributed by atoms with Gasteiger partial charge in [-0.3, -0.25) is 9.78 Å². The average molecular weight is 265 g/mol. The number of nitrogens with one attached hydrogen (secondary N) is 1. The van der Waals surface area contributed by atoms with Crippen LogP contribution in [0.25, 0.3) is 0 Å². The molecule has 20 heavy (non-hydrogen) atoms. The number of hydrogen-bond acceptors (Lipinski definition) is 3. The highest BCUT2D eigenvalue weighted by Crippen LogP contribution is 2.15. The third kappa shape index (κ3) is 3.42. The van der Waals surface area contributed by atoms with Crippen molar-refractivity contribution in [2.75, 3.05) is 5.32 Å². The lowest BCUT2D eigenvalue weighted by atomic mass is 10.00. The lowest BCUT2D eigenvalue weighted by Crippen LogP contribution is -2.23. The van der Waals surface area contributed by atoms with Gasteiger partial charge in [0.1, 0.15) is 5.92 Å². The lowest BCUT2D eigenvalue weighted by molar-refractivity contribution is -0.118. The van der Waals surface area contributed by atoms with Gasteiger partial charge in [0.25, 0.3) is 0 Å². The summed E-state index contributed by atoms with van der Waals surface area (Å²) in [4.78, 5) is 16.1. The van der Waals surface area contributed by atoms with E-state index in [1.54, 1.807) is 12.4 Å². The number of aryl methyl sites for hydroxylation is 1.